The maximum atomic E-state index is 12.6. The molecule has 0 aliphatic carbocycles. The third-order valence-corrected chi connectivity index (χ3v) is 4.43. The van der Waals surface area contributed by atoms with E-state index in [1.54, 1.807) is 25.5 Å². The first-order chi connectivity index (χ1) is 13.7. The van der Waals surface area contributed by atoms with Gasteiger partial charge in [0.15, 0.2) is 0 Å². The van der Waals surface area contributed by atoms with Gasteiger partial charge in [0.2, 0.25) is 0 Å². The summed E-state index contributed by atoms with van der Waals surface area (Å²) in [5, 5.41) is 4.04. The van der Waals surface area contributed by atoms with E-state index in [1.165, 1.54) is 0 Å². The second kappa shape index (κ2) is 9.71. The molecular formula is C22H19BrN2O3. The van der Waals surface area contributed by atoms with Gasteiger partial charge < -0.3 is 9.47 Å². The van der Waals surface area contributed by atoms with Crippen molar-refractivity contribution in [3.05, 3.63) is 94.0 Å². The lowest BCUT2D eigenvalue weighted by molar-refractivity contribution is 0.0950. The lowest BCUT2D eigenvalue weighted by Gasteiger charge is -2.11. The summed E-state index contributed by atoms with van der Waals surface area (Å²) in [6, 6.07) is 22.5. The number of methoxy groups -OCH3 is 1. The van der Waals surface area contributed by atoms with Crippen molar-refractivity contribution in [2.45, 2.75) is 6.61 Å². The van der Waals surface area contributed by atoms with Crippen LogP contribution in [0.3, 0.4) is 0 Å². The summed E-state index contributed by atoms with van der Waals surface area (Å²) < 4.78 is 11.9. The maximum absolute atomic E-state index is 12.6. The highest BCUT2D eigenvalue weighted by Gasteiger charge is 2.13. The second-order valence-corrected chi connectivity index (χ2v) is 6.77. The molecule has 3 rings (SSSR count). The Labute approximate surface area is 172 Å². The third kappa shape index (κ3) is 5.20. The van der Waals surface area contributed by atoms with E-state index in [1.807, 2.05) is 60.7 Å². The van der Waals surface area contributed by atoms with Gasteiger partial charge in [-0.25, -0.2) is 5.43 Å². The van der Waals surface area contributed by atoms with Crippen LogP contribution in [-0.4, -0.2) is 19.2 Å². The fourth-order valence-electron chi connectivity index (χ4n) is 2.53. The molecule has 0 heterocycles. The van der Waals surface area contributed by atoms with Crippen molar-refractivity contribution in [1.82, 2.24) is 5.43 Å². The summed E-state index contributed by atoms with van der Waals surface area (Å²) in [7, 11) is 1.59. The first-order valence-corrected chi connectivity index (χ1v) is 9.39. The van der Waals surface area contributed by atoms with Crippen molar-refractivity contribution in [3.63, 3.8) is 0 Å². The number of amides is 1. The van der Waals surface area contributed by atoms with Gasteiger partial charge in [-0.2, -0.15) is 5.10 Å². The number of hydrogen-bond donors (Lipinski definition) is 1. The molecule has 3 aromatic rings. The van der Waals surface area contributed by atoms with Crippen molar-refractivity contribution in [3.8, 4) is 11.5 Å². The molecule has 6 heteroatoms. The van der Waals surface area contributed by atoms with Crippen LogP contribution in [0.4, 0.5) is 0 Å². The van der Waals surface area contributed by atoms with E-state index in [2.05, 4.69) is 26.5 Å². The number of nitrogens with one attached hydrogen (secondary N) is 1. The van der Waals surface area contributed by atoms with Gasteiger partial charge in [0.1, 0.15) is 18.1 Å². The minimum absolute atomic E-state index is 0.365. The largest absolute Gasteiger partial charge is 0.496 e. The molecule has 0 spiro atoms. The number of hydrazone groups is 1. The summed E-state index contributed by atoms with van der Waals surface area (Å²) in [5.74, 6) is 0.794. The molecule has 142 valence electrons. The number of nitrogens with zero attached hydrogens (tertiary/aromatic N) is 1. The number of carbonyl (C=O) groups is 1. The van der Waals surface area contributed by atoms with E-state index in [0.717, 1.165) is 15.6 Å². The number of halogens is 1. The summed E-state index contributed by atoms with van der Waals surface area (Å²) in [6.07, 6.45) is 1.54. The van der Waals surface area contributed by atoms with E-state index < -0.39 is 0 Å². The van der Waals surface area contributed by atoms with Gasteiger partial charge in [-0.05, 0) is 35.9 Å². The Kier molecular flexibility index (Phi) is 6.81. The SMILES string of the molecule is COc1ccccc1/C=N\NC(=O)c1cc(Br)ccc1OCc1ccccc1. The van der Waals surface area contributed by atoms with E-state index in [0.29, 0.717) is 23.7 Å². The molecule has 0 unspecified atom stereocenters. The maximum Gasteiger partial charge on any atom is 0.275 e. The van der Waals surface area contributed by atoms with E-state index in [-0.39, 0.29) is 5.91 Å². The van der Waals surface area contributed by atoms with Crippen LogP contribution >= 0.6 is 15.9 Å². The first kappa shape index (κ1) is 19.6. The van der Waals surface area contributed by atoms with Crippen LogP contribution in [0.15, 0.2) is 82.4 Å². The van der Waals surface area contributed by atoms with Crippen LogP contribution in [0.2, 0.25) is 0 Å². The quantitative estimate of drug-likeness (QED) is 0.425. The van der Waals surface area contributed by atoms with Crippen molar-refractivity contribution < 1.29 is 14.3 Å². The van der Waals surface area contributed by atoms with E-state index in [4.69, 9.17) is 9.47 Å². The topological polar surface area (TPSA) is 59.9 Å². The standard InChI is InChI=1S/C22H19BrN2O3/c1-27-20-10-6-5-9-17(20)14-24-25-22(26)19-13-18(23)11-12-21(19)28-15-16-7-3-2-4-8-16/h2-14H,15H2,1H3,(H,25,26)/b24-14-. The van der Waals surface area contributed by atoms with Crippen molar-refractivity contribution in [2.24, 2.45) is 5.10 Å². The molecule has 1 N–H and O–H groups in total. The molecule has 0 aliphatic heterocycles. The first-order valence-electron chi connectivity index (χ1n) is 8.60. The molecule has 0 aliphatic rings. The molecule has 0 saturated heterocycles. The summed E-state index contributed by atoms with van der Waals surface area (Å²) in [4.78, 5) is 12.6. The number of rotatable bonds is 7. The number of ether oxygens (including phenoxy) is 2. The Morgan fingerprint density at radius 3 is 2.57 bits per heavy atom. The predicted octanol–water partition coefficient (Wildman–Crippen LogP) is 4.80. The summed E-state index contributed by atoms with van der Waals surface area (Å²) >= 11 is 3.39. The van der Waals surface area contributed by atoms with Crippen LogP contribution in [0.1, 0.15) is 21.5 Å². The van der Waals surface area contributed by atoms with Gasteiger partial charge in [-0.15, -0.1) is 0 Å². The minimum Gasteiger partial charge on any atom is -0.496 e. The zero-order valence-corrected chi connectivity index (χ0v) is 16.8. The summed E-state index contributed by atoms with van der Waals surface area (Å²) in [6.45, 7) is 0.368. The normalized spacial score (nSPS) is 10.6. The van der Waals surface area contributed by atoms with Gasteiger partial charge in [0.25, 0.3) is 5.91 Å². The number of benzene rings is 3. The zero-order chi connectivity index (χ0) is 19.8. The highest BCUT2D eigenvalue weighted by atomic mass is 79.9. The summed E-state index contributed by atoms with van der Waals surface area (Å²) in [5.41, 5.74) is 4.71. The second-order valence-electron chi connectivity index (χ2n) is 5.86. The Balaban J connectivity index is 1.72. The Morgan fingerprint density at radius 2 is 1.79 bits per heavy atom. The van der Waals surface area contributed by atoms with Crippen LogP contribution in [0.25, 0.3) is 0 Å². The van der Waals surface area contributed by atoms with Crippen LogP contribution in [0.5, 0.6) is 11.5 Å². The average Bonchev–Trinajstić information content (AvgIpc) is 2.73. The van der Waals surface area contributed by atoms with Crippen LogP contribution in [-0.2, 0) is 6.61 Å². The molecule has 28 heavy (non-hydrogen) atoms. The van der Waals surface area contributed by atoms with Crippen molar-refractivity contribution >= 4 is 28.1 Å². The molecule has 0 atom stereocenters. The van der Waals surface area contributed by atoms with Crippen LogP contribution < -0.4 is 14.9 Å². The van der Waals surface area contributed by atoms with Crippen molar-refractivity contribution in [1.29, 1.82) is 0 Å². The fourth-order valence-corrected chi connectivity index (χ4v) is 2.90. The van der Waals surface area contributed by atoms with E-state index >= 15 is 0 Å². The van der Waals surface area contributed by atoms with Gasteiger partial charge in [-0.3, -0.25) is 4.79 Å². The van der Waals surface area contributed by atoms with Gasteiger partial charge >= 0.3 is 0 Å². The van der Waals surface area contributed by atoms with Gasteiger partial charge in [0.05, 0.1) is 18.9 Å². The Bertz CT molecular complexity index is 975. The monoisotopic (exact) mass is 438 g/mol. The average molecular weight is 439 g/mol. The number of hydrogen-bond acceptors (Lipinski definition) is 4. The highest BCUT2D eigenvalue weighted by Crippen LogP contribution is 2.24. The molecule has 0 saturated carbocycles. The smallest absolute Gasteiger partial charge is 0.275 e. The van der Waals surface area contributed by atoms with Crippen molar-refractivity contribution in [2.75, 3.05) is 7.11 Å². The van der Waals surface area contributed by atoms with Gasteiger partial charge in [0, 0.05) is 10.0 Å². The molecule has 1 amide bonds. The molecule has 0 bridgehead atoms. The minimum atomic E-state index is -0.365. The van der Waals surface area contributed by atoms with Gasteiger partial charge in [-0.1, -0.05) is 58.4 Å². The number of carbonyl (C=O) groups excluding carboxylic acids is 1. The van der Waals surface area contributed by atoms with E-state index in [9.17, 15) is 4.79 Å². The molecule has 0 fully saturated rings. The molecule has 0 radical (unpaired) electrons. The number of para-hydroxylation sites is 1. The lowest BCUT2D eigenvalue weighted by Crippen LogP contribution is -2.19. The Hall–Kier alpha value is -3.12. The zero-order valence-electron chi connectivity index (χ0n) is 15.3. The molecule has 3 aromatic carbocycles. The molecule has 0 aromatic heterocycles. The molecular weight excluding hydrogens is 420 g/mol. The lowest BCUT2D eigenvalue weighted by atomic mass is 10.2. The third-order valence-electron chi connectivity index (χ3n) is 3.93. The highest BCUT2D eigenvalue weighted by molar-refractivity contribution is 9.10. The fraction of sp³-hybridized carbons (Fsp3) is 0.0909. The molecule has 5 nitrogen and oxygen atoms in total. The van der Waals surface area contributed by atoms with Crippen LogP contribution in [0, 0.1) is 0 Å². The predicted molar refractivity (Wildman–Crippen MR) is 113 cm³/mol. The Morgan fingerprint density at radius 1 is 1.04 bits per heavy atom.